The van der Waals surface area contributed by atoms with Crippen molar-refractivity contribution in [3.8, 4) is 11.5 Å². The van der Waals surface area contributed by atoms with E-state index < -0.39 is 0 Å². The van der Waals surface area contributed by atoms with Crippen molar-refractivity contribution in [3.05, 3.63) is 90.0 Å². The third kappa shape index (κ3) is 4.55. The van der Waals surface area contributed by atoms with Crippen molar-refractivity contribution < 1.29 is 19.1 Å². The third-order valence-corrected chi connectivity index (χ3v) is 4.50. The predicted octanol–water partition coefficient (Wildman–Crippen LogP) is 3.51. The van der Waals surface area contributed by atoms with Gasteiger partial charge in [0.25, 0.3) is 11.8 Å². The molecule has 2 N–H and O–H groups in total. The molecule has 0 aliphatic carbocycles. The molecule has 29 heavy (non-hydrogen) atoms. The van der Waals surface area contributed by atoms with Crippen LogP contribution in [0.25, 0.3) is 0 Å². The largest absolute Gasteiger partial charge is 0.486 e. The molecule has 3 aromatic carbocycles. The molecule has 3 aromatic rings. The zero-order chi connectivity index (χ0) is 20.1. The van der Waals surface area contributed by atoms with E-state index in [-0.39, 0.29) is 17.9 Å². The average molecular weight is 388 g/mol. The van der Waals surface area contributed by atoms with E-state index in [0.717, 1.165) is 0 Å². The van der Waals surface area contributed by atoms with E-state index >= 15 is 0 Å². The van der Waals surface area contributed by atoms with E-state index in [1.54, 1.807) is 36.4 Å². The van der Waals surface area contributed by atoms with E-state index in [9.17, 15) is 9.59 Å². The lowest BCUT2D eigenvalue weighted by molar-refractivity contribution is 0.0789. The minimum Gasteiger partial charge on any atom is -0.486 e. The van der Waals surface area contributed by atoms with Crippen molar-refractivity contribution in [1.82, 2.24) is 5.32 Å². The molecule has 0 saturated carbocycles. The Hall–Kier alpha value is -3.80. The van der Waals surface area contributed by atoms with Crippen molar-refractivity contribution in [2.75, 3.05) is 18.5 Å². The summed E-state index contributed by atoms with van der Waals surface area (Å²) >= 11 is 0. The van der Waals surface area contributed by atoms with Gasteiger partial charge in [0.2, 0.25) is 0 Å². The first-order valence-corrected chi connectivity index (χ1v) is 9.32. The minimum absolute atomic E-state index is 0.197. The molecule has 0 radical (unpaired) electrons. The maximum absolute atomic E-state index is 12.4. The molecule has 2 amide bonds. The smallest absolute Gasteiger partial charge is 0.255 e. The normalized spacial score (nSPS) is 14.7. The van der Waals surface area contributed by atoms with Gasteiger partial charge in [0.15, 0.2) is 11.5 Å². The number of benzene rings is 3. The van der Waals surface area contributed by atoms with Crippen LogP contribution in [-0.4, -0.2) is 31.1 Å². The van der Waals surface area contributed by atoms with Crippen LogP contribution in [0.5, 0.6) is 11.5 Å². The summed E-state index contributed by atoms with van der Waals surface area (Å²) in [5, 5.41) is 5.66. The lowest BCUT2D eigenvalue weighted by Crippen LogP contribution is -2.40. The molecule has 4 rings (SSSR count). The van der Waals surface area contributed by atoms with Gasteiger partial charge < -0.3 is 20.1 Å². The van der Waals surface area contributed by atoms with Crippen LogP contribution in [0.1, 0.15) is 20.7 Å². The van der Waals surface area contributed by atoms with E-state index in [4.69, 9.17) is 9.47 Å². The second-order valence-corrected chi connectivity index (χ2v) is 6.61. The summed E-state index contributed by atoms with van der Waals surface area (Å²) in [6.45, 7) is 0.710. The van der Waals surface area contributed by atoms with E-state index in [1.165, 1.54) is 0 Å². The minimum atomic E-state index is -0.252. The molecule has 146 valence electrons. The summed E-state index contributed by atoms with van der Waals surface area (Å²) < 4.78 is 11.5. The van der Waals surface area contributed by atoms with Crippen molar-refractivity contribution in [2.24, 2.45) is 0 Å². The summed E-state index contributed by atoms with van der Waals surface area (Å²) in [4.78, 5) is 24.6. The van der Waals surface area contributed by atoms with Crippen LogP contribution in [-0.2, 0) is 0 Å². The number of hydrogen-bond acceptors (Lipinski definition) is 4. The topological polar surface area (TPSA) is 76.7 Å². The number of carbonyl (C=O) groups is 2. The molecule has 0 unspecified atom stereocenters. The van der Waals surface area contributed by atoms with E-state index in [1.807, 2.05) is 42.5 Å². The Balaban J connectivity index is 1.30. The summed E-state index contributed by atoms with van der Waals surface area (Å²) in [7, 11) is 0. The third-order valence-electron chi connectivity index (χ3n) is 4.50. The van der Waals surface area contributed by atoms with Crippen LogP contribution in [0.2, 0.25) is 0 Å². The van der Waals surface area contributed by atoms with Gasteiger partial charge in [-0.15, -0.1) is 0 Å². The highest BCUT2D eigenvalue weighted by atomic mass is 16.6. The van der Waals surface area contributed by atoms with E-state index in [2.05, 4.69) is 10.6 Å². The van der Waals surface area contributed by atoms with Gasteiger partial charge in [-0.1, -0.05) is 30.3 Å². The zero-order valence-electron chi connectivity index (χ0n) is 15.6. The van der Waals surface area contributed by atoms with Gasteiger partial charge in [0.05, 0.1) is 6.54 Å². The molecule has 1 aliphatic heterocycles. The highest BCUT2D eigenvalue weighted by Crippen LogP contribution is 2.30. The van der Waals surface area contributed by atoms with Crippen LogP contribution >= 0.6 is 0 Å². The van der Waals surface area contributed by atoms with Crippen LogP contribution < -0.4 is 20.1 Å². The zero-order valence-corrected chi connectivity index (χ0v) is 15.6. The maximum atomic E-state index is 12.4. The number of amides is 2. The van der Waals surface area contributed by atoms with Gasteiger partial charge in [-0.05, 0) is 48.5 Å². The van der Waals surface area contributed by atoms with Gasteiger partial charge in [0.1, 0.15) is 12.7 Å². The Morgan fingerprint density at radius 2 is 1.45 bits per heavy atom. The lowest BCUT2D eigenvalue weighted by atomic mass is 10.1. The monoisotopic (exact) mass is 388 g/mol. The maximum Gasteiger partial charge on any atom is 0.255 e. The van der Waals surface area contributed by atoms with Gasteiger partial charge >= 0.3 is 0 Å². The number of carbonyl (C=O) groups excluding carboxylic acids is 2. The fourth-order valence-electron chi connectivity index (χ4n) is 2.97. The van der Waals surface area contributed by atoms with Crippen molar-refractivity contribution >= 4 is 17.5 Å². The number of rotatable bonds is 5. The molecule has 6 nitrogen and oxygen atoms in total. The predicted molar refractivity (Wildman–Crippen MR) is 110 cm³/mol. The van der Waals surface area contributed by atoms with E-state index in [0.29, 0.717) is 41.5 Å². The number of hydrogen-bond donors (Lipinski definition) is 2. The molecule has 0 aromatic heterocycles. The van der Waals surface area contributed by atoms with Gasteiger partial charge in [-0.2, -0.15) is 0 Å². The van der Waals surface area contributed by atoms with Crippen LogP contribution in [0, 0.1) is 0 Å². The number of para-hydroxylation sites is 2. The molecule has 1 atom stereocenters. The Morgan fingerprint density at radius 3 is 2.21 bits per heavy atom. The molecule has 6 heteroatoms. The summed E-state index contributed by atoms with van der Waals surface area (Å²) in [5.74, 6) is 0.977. The molecular weight excluding hydrogens is 368 g/mol. The number of ether oxygens (including phenoxy) is 2. The standard InChI is InChI=1S/C23H20N2O4/c26-22(24-14-19-15-28-20-8-4-5-9-21(20)29-19)17-10-12-18(13-11-17)25-23(27)16-6-2-1-3-7-16/h1-13,19H,14-15H2,(H,24,26)(H,25,27)/t19-/m1/s1. The molecule has 1 aliphatic rings. The molecule has 0 spiro atoms. The fraction of sp³-hybridized carbons (Fsp3) is 0.130. The molecule has 0 saturated heterocycles. The van der Waals surface area contributed by atoms with Crippen molar-refractivity contribution in [1.29, 1.82) is 0 Å². The summed E-state index contributed by atoms with van der Waals surface area (Å²) in [5.41, 5.74) is 1.70. The van der Waals surface area contributed by atoms with Crippen LogP contribution in [0.15, 0.2) is 78.9 Å². The highest BCUT2D eigenvalue weighted by molar-refractivity contribution is 6.04. The highest BCUT2D eigenvalue weighted by Gasteiger charge is 2.21. The first kappa shape index (κ1) is 18.6. The summed E-state index contributed by atoms with van der Waals surface area (Å²) in [6, 6.07) is 23.1. The first-order valence-electron chi connectivity index (χ1n) is 9.32. The Labute approximate surface area is 168 Å². The lowest BCUT2D eigenvalue weighted by Gasteiger charge is -2.26. The average Bonchev–Trinajstić information content (AvgIpc) is 2.78. The second-order valence-electron chi connectivity index (χ2n) is 6.61. The molecule has 0 bridgehead atoms. The molecular formula is C23H20N2O4. The van der Waals surface area contributed by atoms with Gasteiger partial charge in [-0.3, -0.25) is 9.59 Å². The summed E-state index contributed by atoms with van der Waals surface area (Å²) in [6.07, 6.45) is -0.252. The van der Waals surface area contributed by atoms with Gasteiger partial charge in [0, 0.05) is 16.8 Å². The SMILES string of the molecule is O=C(NC[C@@H]1COc2ccccc2O1)c1ccc(NC(=O)c2ccccc2)cc1. The van der Waals surface area contributed by atoms with Crippen LogP contribution in [0.4, 0.5) is 5.69 Å². The van der Waals surface area contributed by atoms with Crippen molar-refractivity contribution in [3.63, 3.8) is 0 Å². The first-order chi connectivity index (χ1) is 14.2. The van der Waals surface area contributed by atoms with Crippen LogP contribution in [0.3, 0.4) is 0 Å². The van der Waals surface area contributed by atoms with Gasteiger partial charge in [-0.25, -0.2) is 0 Å². The fourth-order valence-corrected chi connectivity index (χ4v) is 2.97. The number of anilines is 1. The Bertz CT molecular complexity index is 1000. The number of nitrogens with one attached hydrogen (secondary N) is 2. The quantitative estimate of drug-likeness (QED) is 0.701. The number of fused-ring (bicyclic) bond motifs is 1. The molecule has 1 heterocycles. The molecule has 0 fully saturated rings. The Morgan fingerprint density at radius 1 is 0.793 bits per heavy atom. The van der Waals surface area contributed by atoms with Crippen molar-refractivity contribution in [2.45, 2.75) is 6.10 Å². The Kier molecular flexibility index (Phi) is 5.42. The second kappa shape index (κ2) is 8.48.